The normalized spacial score (nSPS) is 16.9. The van der Waals surface area contributed by atoms with Gasteiger partial charge in [0.1, 0.15) is 36.5 Å². The number of rotatable bonds is 43. The quantitative estimate of drug-likeness (QED) is 0.0178. The number of carboxylic acid groups (broad SMARTS) is 5. The SMILES string of the molecule is O=C(O)CCCCCCCCCCCCCCC(=O)N[C@H](CCC(O)N[C@@H](CCC(=O)N[C@H](CCC(=O)N[C@@H](CCC(=O)NCCCC[C@H](NP)C1OC1O)C(=O)O)C(=O)O)C(=O)O)C(=O)O. The molecule has 1 aliphatic rings. The number of hydrogen-bond acceptors (Lipinski definition) is 14. The molecular weight excluding hydrogens is 903 g/mol. The molecule has 4 amide bonds. The van der Waals surface area contributed by atoms with Gasteiger partial charge < -0.3 is 61.7 Å². The van der Waals surface area contributed by atoms with Crippen LogP contribution in [0.5, 0.6) is 0 Å². The summed E-state index contributed by atoms with van der Waals surface area (Å²) >= 11 is 0. The second kappa shape index (κ2) is 35.6. The molecule has 0 bridgehead atoms. The molecule has 1 heterocycles. The number of nitrogens with one attached hydrogen (secondary N) is 6. The number of carbonyl (C=O) groups is 9. The van der Waals surface area contributed by atoms with E-state index in [1.807, 2.05) is 0 Å². The number of aliphatic hydroxyl groups is 2. The highest BCUT2D eigenvalue weighted by Gasteiger charge is 2.42. The molecular formula is C43H75N6O17P. The summed E-state index contributed by atoms with van der Waals surface area (Å²) in [4.78, 5) is 108. The van der Waals surface area contributed by atoms with Crippen LogP contribution in [0.15, 0.2) is 0 Å². The summed E-state index contributed by atoms with van der Waals surface area (Å²) in [6, 6.07) is -6.00. The molecule has 0 aromatic carbocycles. The van der Waals surface area contributed by atoms with E-state index in [4.69, 9.17) is 9.84 Å². The summed E-state index contributed by atoms with van der Waals surface area (Å²) < 4.78 is 5.04. The van der Waals surface area contributed by atoms with Crippen LogP contribution in [0.4, 0.5) is 0 Å². The number of hydrogen-bond donors (Lipinski definition) is 13. The zero-order chi connectivity index (χ0) is 50.1. The third-order valence-electron chi connectivity index (χ3n) is 11.2. The maximum atomic E-state index is 12.6. The highest BCUT2D eigenvalue weighted by Crippen LogP contribution is 2.26. The van der Waals surface area contributed by atoms with E-state index >= 15 is 0 Å². The molecule has 24 heteroatoms. The van der Waals surface area contributed by atoms with Crippen LogP contribution in [0.1, 0.15) is 161 Å². The Morgan fingerprint density at radius 1 is 0.463 bits per heavy atom. The molecule has 1 rings (SSSR count). The van der Waals surface area contributed by atoms with Crippen molar-refractivity contribution in [3.8, 4) is 0 Å². The number of aliphatic carboxylic acids is 5. The molecule has 4 unspecified atom stereocenters. The minimum atomic E-state index is -1.61. The van der Waals surface area contributed by atoms with Crippen molar-refractivity contribution >= 4 is 62.9 Å². The minimum absolute atomic E-state index is 0.0607. The van der Waals surface area contributed by atoms with Crippen LogP contribution in [-0.2, 0) is 47.9 Å². The van der Waals surface area contributed by atoms with Crippen molar-refractivity contribution in [2.24, 2.45) is 0 Å². The molecule has 384 valence electrons. The van der Waals surface area contributed by atoms with Crippen LogP contribution >= 0.6 is 9.39 Å². The number of carbonyl (C=O) groups excluding carboxylic acids is 4. The molecule has 0 saturated carbocycles. The molecule has 9 atom stereocenters. The van der Waals surface area contributed by atoms with Gasteiger partial charge in [-0.3, -0.25) is 39.2 Å². The van der Waals surface area contributed by atoms with Crippen LogP contribution < -0.4 is 31.7 Å². The number of amides is 4. The molecule has 1 aliphatic heterocycles. The molecule has 0 aromatic heterocycles. The lowest BCUT2D eigenvalue weighted by molar-refractivity contribution is -0.144. The lowest BCUT2D eigenvalue weighted by Gasteiger charge is -2.21. The lowest BCUT2D eigenvalue weighted by Crippen LogP contribution is -2.47. The van der Waals surface area contributed by atoms with E-state index in [0.717, 1.165) is 64.2 Å². The molecule has 23 nitrogen and oxygen atoms in total. The van der Waals surface area contributed by atoms with Crippen molar-refractivity contribution in [1.82, 2.24) is 31.7 Å². The van der Waals surface area contributed by atoms with Gasteiger partial charge in [-0.15, -0.1) is 0 Å². The molecule has 0 aliphatic carbocycles. The lowest BCUT2D eigenvalue weighted by atomic mass is 10.0. The Morgan fingerprint density at radius 2 is 0.851 bits per heavy atom. The van der Waals surface area contributed by atoms with Gasteiger partial charge in [-0.1, -0.05) is 80.0 Å². The maximum Gasteiger partial charge on any atom is 0.326 e. The van der Waals surface area contributed by atoms with Crippen LogP contribution in [-0.4, -0.2) is 145 Å². The Kier molecular flexibility index (Phi) is 32.1. The first-order valence-electron chi connectivity index (χ1n) is 23.4. The Morgan fingerprint density at radius 3 is 1.27 bits per heavy atom. The van der Waals surface area contributed by atoms with Crippen molar-refractivity contribution in [2.45, 2.75) is 209 Å². The third kappa shape index (κ3) is 30.5. The first kappa shape index (κ1) is 60.5. The Bertz CT molecular complexity index is 1560. The van der Waals surface area contributed by atoms with Gasteiger partial charge in [0.15, 0.2) is 6.29 Å². The second-order valence-corrected chi connectivity index (χ2v) is 17.2. The fourth-order valence-electron chi connectivity index (χ4n) is 7.20. The van der Waals surface area contributed by atoms with Crippen LogP contribution in [0.25, 0.3) is 0 Å². The summed E-state index contributed by atoms with van der Waals surface area (Å²) in [5.41, 5.74) is 0. The van der Waals surface area contributed by atoms with Gasteiger partial charge in [-0.05, 0) is 57.8 Å². The Hall–Kier alpha value is -4.54. The van der Waals surface area contributed by atoms with Crippen molar-refractivity contribution in [3.05, 3.63) is 0 Å². The Labute approximate surface area is 393 Å². The van der Waals surface area contributed by atoms with E-state index in [0.29, 0.717) is 38.6 Å². The van der Waals surface area contributed by atoms with Crippen molar-refractivity contribution < 1.29 is 83.6 Å². The van der Waals surface area contributed by atoms with E-state index in [9.17, 15) is 73.8 Å². The van der Waals surface area contributed by atoms with Gasteiger partial charge in [0.25, 0.3) is 0 Å². The highest BCUT2D eigenvalue weighted by atomic mass is 31.0. The first-order chi connectivity index (χ1) is 31.8. The number of aliphatic hydroxyl groups excluding tert-OH is 2. The number of ether oxygens (including phenoxy) is 1. The predicted octanol–water partition coefficient (Wildman–Crippen LogP) is 1.47. The molecule has 13 N–H and O–H groups in total. The van der Waals surface area contributed by atoms with Crippen LogP contribution in [0.2, 0.25) is 0 Å². The summed E-state index contributed by atoms with van der Waals surface area (Å²) in [6.07, 6.45) is 8.31. The van der Waals surface area contributed by atoms with E-state index in [1.165, 1.54) is 0 Å². The summed E-state index contributed by atoms with van der Waals surface area (Å²) in [6.45, 7) is 0.322. The van der Waals surface area contributed by atoms with Crippen LogP contribution in [0, 0.1) is 0 Å². The summed E-state index contributed by atoms with van der Waals surface area (Å²) in [5, 5.41) is 81.9. The van der Waals surface area contributed by atoms with Crippen molar-refractivity contribution in [2.75, 3.05) is 6.54 Å². The van der Waals surface area contributed by atoms with Crippen molar-refractivity contribution in [1.29, 1.82) is 0 Å². The fourth-order valence-corrected chi connectivity index (χ4v) is 7.56. The van der Waals surface area contributed by atoms with Crippen LogP contribution in [0.3, 0.4) is 0 Å². The standard InChI is InChI=1S/C43H75N6O17P/c50-32(44-26-14-13-15-27(49-67)38-43(65)66-38)22-18-28(39(57)58)46-34(52)24-20-30(41(61)62)48-36(54)25-21-31(42(63)64)47-35(53)23-19-29(40(59)60)45-33(51)16-11-9-7-5-3-1-2-4-6-8-10-12-17-37(55)56/h27-31,35,38,43,47,49,53,65H,1-26,67H2,(H,44,50)(H,45,51)(H,46,52)(H,48,54)(H,55,56)(H,57,58)(H,59,60)(H,61,62)(H,63,64)/t27-,28-,29+,30+,31-,35?,38?,43?/m0/s1. The van der Waals surface area contributed by atoms with E-state index in [2.05, 4.69) is 41.1 Å². The van der Waals surface area contributed by atoms with Gasteiger partial charge in [0.2, 0.25) is 23.6 Å². The number of unbranched alkanes of at least 4 members (excludes halogenated alkanes) is 12. The number of epoxide rings is 1. The topological polar surface area (TPSA) is 380 Å². The first-order valence-corrected chi connectivity index (χ1v) is 23.9. The zero-order valence-corrected chi connectivity index (χ0v) is 39.4. The van der Waals surface area contributed by atoms with Gasteiger partial charge >= 0.3 is 29.8 Å². The number of carboxylic acids is 5. The van der Waals surface area contributed by atoms with Gasteiger partial charge in [0.05, 0.1) is 0 Å². The average Bonchev–Trinajstić information content (AvgIpc) is 3.99. The monoisotopic (exact) mass is 978 g/mol. The molecule has 0 aromatic rings. The minimum Gasteiger partial charge on any atom is -0.481 e. The summed E-state index contributed by atoms with van der Waals surface area (Å²) in [7, 11) is 2.37. The summed E-state index contributed by atoms with van der Waals surface area (Å²) in [5.74, 6) is -9.17. The molecule has 0 spiro atoms. The van der Waals surface area contributed by atoms with E-state index in [-0.39, 0.29) is 50.7 Å². The second-order valence-electron chi connectivity index (χ2n) is 16.9. The molecule has 1 saturated heterocycles. The molecule has 67 heavy (non-hydrogen) atoms. The average molecular weight is 979 g/mol. The molecule has 0 radical (unpaired) electrons. The highest BCUT2D eigenvalue weighted by molar-refractivity contribution is 7.13. The Balaban J connectivity index is 2.37. The van der Waals surface area contributed by atoms with Gasteiger partial charge in [-0.2, -0.15) is 0 Å². The van der Waals surface area contributed by atoms with Crippen molar-refractivity contribution in [3.63, 3.8) is 0 Å². The third-order valence-corrected chi connectivity index (χ3v) is 11.6. The smallest absolute Gasteiger partial charge is 0.326 e. The maximum absolute atomic E-state index is 12.6. The van der Waals surface area contributed by atoms with Gasteiger partial charge in [0, 0.05) is 44.7 Å². The largest absolute Gasteiger partial charge is 0.481 e. The van der Waals surface area contributed by atoms with Gasteiger partial charge in [-0.25, -0.2) is 14.4 Å². The predicted molar refractivity (Wildman–Crippen MR) is 243 cm³/mol. The zero-order valence-electron chi connectivity index (χ0n) is 38.3. The fraction of sp³-hybridized carbons (Fsp3) is 0.791. The van der Waals surface area contributed by atoms with E-state index < -0.39 is 116 Å². The van der Waals surface area contributed by atoms with E-state index in [1.54, 1.807) is 0 Å². The molecule has 1 fully saturated rings.